The first-order valence-electron chi connectivity index (χ1n) is 6.07. The quantitative estimate of drug-likeness (QED) is 0.765. The highest BCUT2D eigenvalue weighted by atomic mass is 19.4. The van der Waals surface area contributed by atoms with Crippen molar-refractivity contribution in [2.45, 2.75) is 25.4 Å². The van der Waals surface area contributed by atoms with E-state index in [0.717, 1.165) is 25.0 Å². The third-order valence-electron chi connectivity index (χ3n) is 3.91. The van der Waals surface area contributed by atoms with Gasteiger partial charge in [-0.05, 0) is 31.0 Å². The molecule has 5 heteroatoms. The Morgan fingerprint density at radius 1 is 1.22 bits per heavy atom. The molecule has 3 rings (SSSR count). The summed E-state index contributed by atoms with van der Waals surface area (Å²) < 4.78 is 43.5. The zero-order chi connectivity index (χ0) is 12.8. The zero-order valence-corrected chi connectivity index (χ0v) is 9.81. The van der Waals surface area contributed by atoms with Crippen LogP contribution in [-0.2, 0) is 6.18 Å². The van der Waals surface area contributed by atoms with Crippen LogP contribution < -0.4 is 10.1 Å². The van der Waals surface area contributed by atoms with E-state index in [1.165, 1.54) is 12.5 Å². The number of fused-ring (bicyclic) bond motifs is 1. The van der Waals surface area contributed by atoms with Crippen molar-refractivity contribution in [1.29, 1.82) is 0 Å². The molecule has 0 bridgehead atoms. The molecular weight excluding hydrogens is 243 g/mol. The Morgan fingerprint density at radius 2 is 2.00 bits per heavy atom. The SMILES string of the molecule is FC(F)(F)c1ccc2c(c1)NCC1(CCC1)CO2. The first-order valence-corrected chi connectivity index (χ1v) is 6.07. The van der Waals surface area contributed by atoms with Crippen LogP contribution in [0.15, 0.2) is 18.2 Å². The summed E-state index contributed by atoms with van der Waals surface area (Å²) in [5.74, 6) is 0.520. The van der Waals surface area contributed by atoms with E-state index >= 15 is 0 Å². The molecule has 2 aliphatic rings. The molecule has 1 saturated carbocycles. The van der Waals surface area contributed by atoms with Crippen LogP contribution in [0.3, 0.4) is 0 Å². The second-order valence-electron chi connectivity index (χ2n) is 5.20. The molecule has 2 nitrogen and oxygen atoms in total. The van der Waals surface area contributed by atoms with Crippen molar-refractivity contribution < 1.29 is 17.9 Å². The fourth-order valence-corrected chi connectivity index (χ4v) is 2.53. The monoisotopic (exact) mass is 257 g/mol. The first-order chi connectivity index (χ1) is 8.49. The molecule has 0 saturated heterocycles. The predicted molar refractivity (Wildman–Crippen MR) is 61.7 cm³/mol. The van der Waals surface area contributed by atoms with Crippen LogP contribution in [0, 0.1) is 5.41 Å². The molecule has 1 heterocycles. The van der Waals surface area contributed by atoms with Crippen LogP contribution in [0.4, 0.5) is 18.9 Å². The molecule has 18 heavy (non-hydrogen) atoms. The highest BCUT2D eigenvalue weighted by molar-refractivity contribution is 5.59. The Labute approximate surface area is 103 Å². The molecule has 0 unspecified atom stereocenters. The van der Waals surface area contributed by atoms with Gasteiger partial charge in [-0.15, -0.1) is 0 Å². The van der Waals surface area contributed by atoms with E-state index in [-0.39, 0.29) is 5.41 Å². The Bertz CT molecular complexity index is 466. The molecule has 0 aromatic heterocycles. The van der Waals surface area contributed by atoms with Gasteiger partial charge >= 0.3 is 6.18 Å². The number of nitrogens with one attached hydrogen (secondary N) is 1. The van der Waals surface area contributed by atoms with Crippen molar-refractivity contribution >= 4 is 5.69 Å². The number of halogens is 3. The molecule has 98 valence electrons. The maximum Gasteiger partial charge on any atom is 0.416 e. The van der Waals surface area contributed by atoms with E-state index in [0.29, 0.717) is 24.6 Å². The van der Waals surface area contributed by atoms with Gasteiger partial charge in [0.1, 0.15) is 5.75 Å². The Kier molecular flexibility index (Phi) is 2.47. The minimum atomic E-state index is -4.31. The second kappa shape index (κ2) is 3.80. The van der Waals surface area contributed by atoms with Crippen molar-refractivity contribution in [3.63, 3.8) is 0 Å². The minimum absolute atomic E-state index is 0.122. The number of benzene rings is 1. The molecule has 0 radical (unpaired) electrons. The molecule has 1 aliphatic heterocycles. The summed E-state index contributed by atoms with van der Waals surface area (Å²) in [7, 11) is 0. The third-order valence-corrected chi connectivity index (χ3v) is 3.91. The number of rotatable bonds is 0. The van der Waals surface area contributed by atoms with Gasteiger partial charge in [0.05, 0.1) is 17.9 Å². The van der Waals surface area contributed by atoms with E-state index in [1.54, 1.807) is 0 Å². The molecule has 1 fully saturated rings. The number of anilines is 1. The number of hydrogen-bond acceptors (Lipinski definition) is 2. The van der Waals surface area contributed by atoms with Crippen LogP contribution in [0.1, 0.15) is 24.8 Å². The lowest BCUT2D eigenvalue weighted by Gasteiger charge is -2.40. The number of alkyl halides is 3. The van der Waals surface area contributed by atoms with Gasteiger partial charge in [-0.3, -0.25) is 0 Å². The average molecular weight is 257 g/mol. The van der Waals surface area contributed by atoms with E-state index in [2.05, 4.69) is 5.32 Å². The van der Waals surface area contributed by atoms with Crippen molar-refractivity contribution in [3.8, 4) is 5.75 Å². The van der Waals surface area contributed by atoms with Crippen molar-refractivity contribution in [1.82, 2.24) is 0 Å². The molecule has 1 aromatic carbocycles. The van der Waals surface area contributed by atoms with Gasteiger partial charge in [-0.25, -0.2) is 0 Å². The summed E-state index contributed by atoms with van der Waals surface area (Å²) >= 11 is 0. The Morgan fingerprint density at radius 3 is 2.61 bits per heavy atom. The van der Waals surface area contributed by atoms with Gasteiger partial charge in [0.2, 0.25) is 0 Å². The van der Waals surface area contributed by atoms with Crippen molar-refractivity contribution in [2.24, 2.45) is 5.41 Å². The predicted octanol–water partition coefficient (Wildman–Crippen LogP) is 3.68. The van der Waals surface area contributed by atoms with Gasteiger partial charge in [0, 0.05) is 12.0 Å². The highest BCUT2D eigenvalue weighted by Crippen LogP contribution is 2.45. The van der Waals surface area contributed by atoms with Gasteiger partial charge < -0.3 is 10.1 Å². The zero-order valence-electron chi connectivity index (χ0n) is 9.81. The van der Waals surface area contributed by atoms with E-state index in [9.17, 15) is 13.2 Å². The second-order valence-corrected chi connectivity index (χ2v) is 5.20. The molecule has 1 aromatic rings. The maximum atomic E-state index is 12.6. The van der Waals surface area contributed by atoms with Gasteiger partial charge in [0.15, 0.2) is 0 Å². The first kappa shape index (κ1) is 11.7. The lowest BCUT2D eigenvalue weighted by Crippen LogP contribution is -2.40. The Balaban J connectivity index is 1.87. The fourth-order valence-electron chi connectivity index (χ4n) is 2.53. The summed E-state index contributed by atoms with van der Waals surface area (Å²) in [5.41, 5.74) is -0.0623. The standard InChI is InChI=1S/C13H14F3NO/c14-13(15,16)9-2-3-11-10(6-9)17-7-12(8-18-11)4-1-5-12/h2-3,6,17H,1,4-5,7-8H2. The van der Waals surface area contributed by atoms with E-state index in [4.69, 9.17) is 4.74 Å². The van der Waals surface area contributed by atoms with E-state index < -0.39 is 11.7 Å². The number of hydrogen-bond donors (Lipinski definition) is 1. The van der Waals surface area contributed by atoms with Gasteiger partial charge in [-0.2, -0.15) is 13.2 Å². The smallest absolute Gasteiger partial charge is 0.416 e. The fraction of sp³-hybridized carbons (Fsp3) is 0.538. The van der Waals surface area contributed by atoms with Gasteiger partial charge in [0.25, 0.3) is 0 Å². The summed E-state index contributed by atoms with van der Waals surface area (Å²) in [6.45, 7) is 1.29. The summed E-state index contributed by atoms with van der Waals surface area (Å²) in [6.07, 6.45) is -0.966. The Hall–Kier alpha value is -1.39. The summed E-state index contributed by atoms with van der Waals surface area (Å²) in [5, 5.41) is 3.11. The maximum absolute atomic E-state index is 12.6. The molecule has 1 N–H and O–H groups in total. The normalized spacial score (nSPS) is 21.3. The van der Waals surface area contributed by atoms with Crippen LogP contribution in [0.2, 0.25) is 0 Å². The molecule has 0 atom stereocenters. The summed E-state index contributed by atoms with van der Waals surface area (Å²) in [6, 6.07) is 3.61. The lowest BCUT2D eigenvalue weighted by atomic mass is 9.69. The lowest BCUT2D eigenvalue weighted by molar-refractivity contribution is -0.137. The largest absolute Gasteiger partial charge is 0.491 e. The van der Waals surface area contributed by atoms with Crippen molar-refractivity contribution in [2.75, 3.05) is 18.5 Å². The summed E-state index contributed by atoms with van der Waals surface area (Å²) in [4.78, 5) is 0. The number of ether oxygens (including phenoxy) is 1. The van der Waals surface area contributed by atoms with Crippen LogP contribution in [0.5, 0.6) is 5.75 Å². The molecular formula is C13H14F3NO. The topological polar surface area (TPSA) is 21.3 Å². The molecule has 0 amide bonds. The van der Waals surface area contributed by atoms with Crippen LogP contribution >= 0.6 is 0 Å². The van der Waals surface area contributed by atoms with E-state index in [1.807, 2.05) is 0 Å². The van der Waals surface area contributed by atoms with Crippen molar-refractivity contribution in [3.05, 3.63) is 23.8 Å². The van der Waals surface area contributed by atoms with Gasteiger partial charge in [-0.1, -0.05) is 6.42 Å². The molecule has 1 spiro atoms. The molecule has 1 aliphatic carbocycles. The van der Waals surface area contributed by atoms with Crippen LogP contribution in [0.25, 0.3) is 0 Å². The highest BCUT2D eigenvalue weighted by Gasteiger charge is 2.40. The third kappa shape index (κ3) is 1.91. The van der Waals surface area contributed by atoms with Crippen LogP contribution in [-0.4, -0.2) is 13.2 Å². The minimum Gasteiger partial charge on any atom is -0.491 e. The average Bonchev–Trinajstić information content (AvgIpc) is 2.45.